The van der Waals surface area contributed by atoms with Crippen molar-refractivity contribution in [2.45, 2.75) is 57.4 Å². The van der Waals surface area contributed by atoms with Crippen molar-refractivity contribution < 1.29 is 23.4 Å². The Balaban J connectivity index is 1.14. The Morgan fingerprint density at radius 1 is 1.12 bits per heavy atom. The molecule has 2 atom stereocenters. The van der Waals surface area contributed by atoms with E-state index in [0.29, 0.717) is 28.7 Å². The average molecular weight is 594 g/mol. The van der Waals surface area contributed by atoms with Crippen LogP contribution in [-0.4, -0.2) is 63.3 Å². The van der Waals surface area contributed by atoms with Gasteiger partial charge < -0.3 is 18.8 Å². The maximum Gasteiger partial charge on any atom is 0.356 e. The lowest BCUT2D eigenvalue weighted by Crippen LogP contribution is -2.37. The van der Waals surface area contributed by atoms with Crippen LogP contribution in [0.4, 0.5) is 4.39 Å². The summed E-state index contributed by atoms with van der Waals surface area (Å²) in [5.41, 5.74) is 3.04. The molecule has 0 radical (unpaired) electrons. The van der Waals surface area contributed by atoms with Crippen molar-refractivity contribution in [1.29, 1.82) is 0 Å². The topological polar surface area (TPSA) is 91.6 Å². The number of aromatic nitrogens is 4. The quantitative estimate of drug-likeness (QED) is 0.228. The third-order valence-electron chi connectivity index (χ3n) is 8.19. The molecular formula is C31H33ClFN5O4. The van der Waals surface area contributed by atoms with Gasteiger partial charge in [0.1, 0.15) is 23.8 Å². The molecule has 9 nitrogen and oxygen atoms in total. The molecule has 0 spiro atoms. The van der Waals surface area contributed by atoms with Gasteiger partial charge in [0, 0.05) is 34.9 Å². The van der Waals surface area contributed by atoms with Crippen LogP contribution in [0.25, 0.3) is 11.2 Å². The number of esters is 1. The van der Waals surface area contributed by atoms with Crippen molar-refractivity contribution in [2.24, 2.45) is 0 Å². The summed E-state index contributed by atoms with van der Waals surface area (Å²) in [4.78, 5) is 28.9. The minimum absolute atomic E-state index is 0.0389. The standard InChI is InChI=1S/C31H33ClFN5O4/c1-19(29-35-26-8-9-27(31(39)40-2)36-30(26)38(29)17-23-12-15-41-23)37-13-10-20(11-14-37)25-4-3-5-28(34-25)42-18-21-16-22(32)6-7-24(21)33/h3-9,16,19-20,23H,10-15,17-18H2,1-2H3/t19?,23-/m0/s1. The predicted molar refractivity (Wildman–Crippen MR) is 155 cm³/mol. The van der Waals surface area contributed by atoms with E-state index in [2.05, 4.69) is 21.4 Å². The van der Waals surface area contributed by atoms with Crippen molar-refractivity contribution in [1.82, 2.24) is 24.4 Å². The maximum absolute atomic E-state index is 14.1. The van der Waals surface area contributed by atoms with Gasteiger partial charge in [0.15, 0.2) is 11.3 Å². The molecule has 0 amide bonds. The third-order valence-corrected chi connectivity index (χ3v) is 8.43. The molecule has 2 fully saturated rings. The molecule has 0 aliphatic carbocycles. The summed E-state index contributed by atoms with van der Waals surface area (Å²) < 4.78 is 32.6. The minimum Gasteiger partial charge on any atom is -0.473 e. The lowest BCUT2D eigenvalue weighted by atomic mass is 9.92. The number of methoxy groups -OCH3 is 1. The average Bonchev–Trinajstić information content (AvgIpc) is 3.36. The van der Waals surface area contributed by atoms with Gasteiger partial charge in [0.25, 0.3) is 0 Å². The number of nitrogens with zero attached hydrogens (tertiary/aromatic N) is 5. The fourth-order valence-electron chi connectivity index (χ4n) is 5.66. The van der Waals surface area contributed by atoms with Gasteiger partial charge in [-0.15, -0.1) is 0 Å². The summed E-state index contributed by atoms with van der Waals surface area (Å²) in [6, 6.07) is 13.7. The molecule has 0 bridgehead atoms. The van der Waals surface area contributed by atoms with Gasteiger partial charge in [-0.05, 0) is 75.7 Å². The van der Waals surface area contributed by atoms with E-state index in [1.54, 1.807) is 18.2 Å². The first kappa shape index (κ1) is 28.5. The smallest absolute Gasteiger partial charge is 0.356 e. The summed E-state index contributed by atoms with van der Waals surface area (Å²) in [6.07, 6.45) is 2.96. The molecule has 1 aromatic carbocycles. The number of hydrogen-bond acceptors (Lipinski definition) is 8. The summed E-state index contributed by atoms with van der Waals surface area (Å²) >= 11 is 6.01. The number of pyridine rings is 2. The van der Waals surface area contributed by atoms with Crippen LogP contribution in [0, 0.1) is 5.82 Å². The fraction of sp³-hybridized carbons (Fsp3) is 0.419. The number of rotatable bonds is 9. The van der Waals surface area contributed by atoms with Crippen LogP contribution >= 0.6 is 11.6 Å². The van der Waals surface area contributed by atoms with E-state index in [9.17, 15) is 9.18 Å². The van der Waals surface area contributed by atoms with Gasteiger partial charge in [-0.1, -0.05) is 17.7 Å². The minimum atomic E-state index is -0.471. The zero-order chi connectivity index (χ0) is 29.2. The Labute approximate surface area is 248 Å². The first-order valence-corrected chi connectivity index (χ1v) is 14.6. The first-order valence-electron chi connectivity index (χ1n) is 14.2. The predicted octanol–water partition coefficient (Wildman–Crippen LogP) is 5.71. The molecule has 220 valence electrons. The van der Waals surface area contributed by atoms with E-state index in [4.69, 9.17) is 35.8 Å². The summed E-state index contributed by atoms with van der Waals surface area (Å²) in [7, 11) is 1.35. The van der Waals surface area contributed by atoms with Gasteiger partial charge in [-0.25, -0.2) is 24.1 Å². The SMILES string of the molecule is COC(=O)c1ccc2nc(C(C)N3CCC(c4cccc(OCc5cc(Cl)ccc5F)n4)CC3)n(C[C@@H]3CCO3)c2n1. The number of piperidine rings is 1. The van der Waals surface area contributed by atoms with E-state index in [0.717, 1.165) is 56.0 Å². The molecule has 2 aliphatic heterocycles. The highest BCUT2D eigenvalue weighted by Crippen LogP contribution is 2.33. The lowest BCUT2D eigenvalue weighted by molar-refractivity contribution is -0.0595. The fourth-order valence-corrected chi connectivity index (χ4v) is 5.85. The molecule has 2 aliphatic rings. The summed E-state index contributed by atoms with van der Waals surface area (Å²) in [5.74, 6) is 0.835. The summed E-state index contributed by atoms with van der Waals surface area (Å²) in [6.45, 7) is 5.37. The second-order valence-electron chi connectivity index (χ2n) is 10.8. The number of benzene rings is 1. The van der Waals surface area contributed by atoms with Crippen LogP contribution in [0.1, 0.15) is 65.7 Å². The highest BCUT2D eigenvalue weighted by Gasteiger charge is 2.30. The molecule has 6 rings (SSSR count). The van der Waals surface area contributed by atoms with Gasteiger partial charge in [0.2, 0.25) is 5.88 Å². The molecule has 1 unspecified atom stereocenters. The van der Waals surface area contributed by atoms with E-state index < -0.39 is 5.97 Å². The Kier molecular flexibility index (Phi) is 8.37. The zero-order valence-corrected chi connectivity index (χ0v) is 24.4. The Bertz CT molecular complexity index is 1590. The summed E-state index contributed by atoms with van der Waals surface area (Å²) in [5, 5.41) is 0.465. The highest BCUT2D eigenvalue weighted by atomic mass is 35.5. The number of carbonyl (C=O) groups excluding carboxylic acids is 1. The Morgan fingerprint density at radius 3 is 2.67 bits per heavy atom. The highest BCUT2D eigenvalue weighted by molar-refractivity contribution is 6.30. The van der Waals surface area contributed by atoms with Crippen molar-refractivity contribution in [3.63, 3.8) is 0 Å². The van der Waals surface area contributed by atoms with Crippen LogP contribution in [0.5, 0.6) is 5.88 Å². The number of ether oxygens (including phenoxy) is 3. The number of hydrogen-bond donors (Lipinski definition) is 0. The van der Waals surface area contributed by atoms with Gasteiger partial charge in [-0.2, -0.15) is 0 Å². The van der Waals surface area contributed by atoms with Crippen molar-refractivity contribution >= 4 is 28.7 Å². The van der Waals surface area contributed by atoms with E-state index in [-0.39, 0.29) is 36.2 Å². The largest absolute Gasteiger partial charge is 0.473 e. The molecule has 11 heteroatoms. The molecule has 5 heterocycles. The lowest BCUT2D eigenvalue weighted by Gasteiger charge is -2.36. The first-order chi connectivity index (χ1) is 20.4. The van der Waals surface area contributed by atoms with E-state index in [1.165, 1.54) is 19.2 Å². The zero-order valence-electron chi connectivity index (χ0n) is 23.6. The van der Waals surface area contributed by atoms with Gasteiger partial charge >= 0.3 is 5.97 Å². The second kappa shape index (κ2) is 12.3. The monoisotopic (exact) mass is 593 g/mol. The van der Waals surface area contributed by atoms with Crippen molar-refractivity contribution in [2.75, 3.05) is 26.8 Å². The molecular weight excluding hydrogens is 561 g/mol. The number of fused-ring (bicyclic) bond motifs is 1. The molecule has 0 saturated carbocycles. The number of imidazole rings is 1. The van der Waals surface area contributed by atoms with Crippen LogP contribution < -0.4 is 4.74 Å². The number of halogens is 2. The molecule has 4 aromatic rings. The Morgan fingerprint density at radius 2 is 1.93 bits per heavy atom. The number of carbonyl (C=O) groups is 1. The molecule has 42 heavy (non-hydrogen) atoms. The van der Waals surface area contributed by atoms with Crippen molar-refractivity contribution in [3.8, 4) is 5.88 Å². The van der Waals surface area contributed by atoms with Gasteiger partial charge in [0.05, 0.1) is 25.8 Å². The van der Waals surface area contributed by atoms with E-state index in [1.807, 2.05) is 18.2 Å². The molecule has 2 saturated heterocycles. The molecule has 0 N–H and O–H groups in total. The van der Waals surface area contributed by atoms with Crippen molar-refractivity contribution in [3.05, 3.63) is 82.1 Å². The molecule has 3 aromatic heterocycles. The van der Waals surface area contributed by atoms with Crippen LogP contribution in [0.3, 0.4) is 0 Å². The van der Waals surface area contributed by atoms with Crippen LogP contribution in [0.2, 0.25) is 5.02 Å². The third kappa shape index (κ3) is 5.97. The van der Waals surface area contributed by atoms with Crippen LogP contribution in [0.15, 0.2) is 48.5 Å². The maximum atomic E-state index is 14.1. The van der Waals surface area contributed by atoms with E-state index >= 15 is 0 Å². The van der Waals surface area contributed by atoms with Gasteiger partial charge in [-0.3, -0.25) is 4.90 Å². The second-order valence-corrected chi connectivity index (χ2v) is 11.2. The Hall–Kier alpha value is -3.60. The number of likely N-dealkylation sites (tertiary alicyclic amines) is 1. The normalized spacial score (nSPS) is 18.5. The van der Waals surface area contributed by atoms with Crippen LogP contribution in [-0.2, 0) is 22.6 Å².